The van der Waals surface area contributed by atoms with Gasteiger partial charge in [0.05, 0.1) is 18.7 Å². The van der Waals surface area contributed by atoms with Crippen molar-refractivity contribution < 1.29 is 26.7 Å². The number of rotatable bonds is 4. The summed E-state index contributed by atoms with van der Waals surface area (Å²) < 4.78 is 61.8. The zero-order valence-corrected chi connectivity index (χ0v) is 9.39. The van der Waals surface area contributed by atoms with Crippen LogP contribution in [0.2, 0.25) is 0 Å². The van der Waals surface area contributed by atoms with Gasteiger partial charge in [0.1, 0.15) is 11.6 Å². The molecule has 1 rings (SSSR count). The molecule has 100 valence electrons. The number of Topliss-reactive ketones (excluding diaryl/α,β-unsaturated/α-hetero) is 1. The SMILES string of the molecule is CN(CC(=O)c1ccc(F)cc1F)CC(F)(F)F. The number of likely N-dealkylation sites (N-methyl/N-ethyl adjacent to an activating group) is 1. The van der Waals surface area contributed by atoms with Gasteiger partial charge in [0, 0.05) is 6.07 Å². The van der Waals surface area contributed by atoms with Crippen molar-refractivity contribution in [1.29, 1.82) is 0 Å². The summed E-state index contributed by atoms with van der Waals surface area (Å²) in [4.78, 5) is 12.2. The summed E-state index contributed by atoms with van der Waals surface area (Å²) in [5.74, 6) is -2.77. The molecule has 18 heavy (non-hydrogen) atoms. The zero-order chi connectivity index (χ0) is 13.9. The second-order valence-electron chi connectivity index (χ2n) is 3.83. The Balaban J connectivity index is 2.71. The number of carbonyl (C=O) groups is 1. The summed E-state index contributed by atoms with van der Waals surface area (Å²) in [6.45, 7) is -1.87. The summed E-state index contributed by atoms with van der Waals surface area (Å²) in [6, 6.07) is 2.30. The highest BCUT2D eigenvalue weighted by Crippen LogP contribution is 2.16. The fourth-order valence-corrected chi connectivity index (χ4v) is 1.41. The Labute approximate surface area is 100 Å². The molecule has 0 fully saturated rings. The van der Waals surface area contributed by atoms with Crippen LogP contribution in [-0.4, -0.2) is 37.0 Å². The second kappa shape index (κ2) is 5.43. The molecular formula is C11H10F5NO. The number of hydrogen-bond acceptors (Lipinski definition) is 2. The third kappa shape index (κ3) is 4.40. The van der Waals surface area contributed by atoms with E-state index in [-0.39, 0.29) is 0 Å². The van der Waals surface area contributed by atoms with Gasteiger partial charge in [-0.25, -0.2) is 8.78 Å². The largest absolute Gasteiger partial charge is 0.401 e. The van der Waals surface area contributed by atoms with Crippen molar-refractivity contribution in [2.24, 2.45) is 0 Å². The van der Waals surface area contributed by atoms with E-state index in [4.69, 9.17) is 0 Å². The van der Waals surface area contributed by atoms with Gasteiger partial charge in [-0.15, -0.1) is 0 Å². The molecule has 0 N–H and O–H groups in total. The number of halogens is 5. The predicted octanol–water partition coefficient (Wildman–Crippen LogP) is 2.64. The predicted molar refractivity (Wildman–Crippen MR) is 54.2 cm³/mol. The highest BCUT2D eigenvalue weighted by atomic mass is 19.4. The fourth-order valence-electron chi connectivity index (χ4n) is 1.41. The molecule has 0 saturated heterocycles. The third-order valence-electron chi connectivity index (χ3n) is 2.09. The van der Waals surface area contributed by atoms with Gasteiger partial charge in [-0.2, -0.15) is 13.2 Å². The van der Waals surface area contributed by atoms with E-state index in [9.17, 15) is 26.7 Å². The Morgan fingerprint density at radius 1 is 1.28 bits per heavy atom. The molecule has 0 aliphatic carbocycles. The van der Waals surface area contributed by atoms with Crippen LogP contribution in [0.4, 0.5) is 22.0 Å². The Kier molecular flexibility index (Phi) is 4.39. The summed E-state index contributed by atoms with van der Waals surface area (Å²) in [7, 11) is 1.09. The van der Waals surface area contributed by atoms with E-state index in [1.165, 1.54) is 0 Å². The van der Waals surface area contributed by atoms with Gasteiger partial charge in [0.2, 0.25) is 0 Å². The van der Waals surface area contributed by atoms with Crippen LogP contribution in [0.3, 0.4) is 0 Å². The minimum atomic E-state index is -4.43. The number of benzene rings is 1. The van der Waals surface area contributed by atoms with E-state index in [1.807, 2.05) is 0 Å². The highest BCUT2D eigenvalue weighted by Gasteiger charge is 2.30. The standard InChI is InChI=1S/C11H10F5NO/c1-17(6-11(14,15)16)5-10(18)8-3-2-7(12)4-9(8)13/h2-4H,5-6H2,1H3. The molecule has 1 aromatic carbocycles. The van der Waals surface area contributed by atoms with E-state index in [1.54, 1.807) is 0 Å². The van der Waals surface area contributed by atoms with Crippen molar-refractivity contribution in [1.82, 2.24) is 4.90 Å². The average Bonchev–Trinajstić information content (AvgIpc) is 2.13. The van der Waals surface area contributed by atoms with Crippen LogP contribution in [0.1, 0.15) is 10.4 Å². The van der Waals surface area contributed by atoms with Crippen molar-refractivity contribution in [3.8, 4) is 0 Å². The summed E-state index contributed by atoms with van der Waals surface area (Å²) >= 11 is 0. The first-order chi connectivity index (χ1) is 8.19. The van der Waals surface area contributed by atoms with E-state index in [0.29, 0.717) is 11.0 Å². The smallest absolute Gasteiger partial charge is 0.293 e. The van der Waals surface area contributed by atoms with Gasteiger partial charge in [-0.1, -0.05) is 0 Å². The number of alkyl halides is 3. The van der Waals surface area contributed by atoms with Crippen molar-refractivity contribution in [2.45, 2.75) is 6.18 Å². The maximum Gasteiger partial charge on any atom is 0.401 e. The van der Waals surface area contributed by atoms with Gasteiger partial charge >= 0.3 is 6.18 Å². The molecule has 0 saturated carbocycles. The van der Waals surface area contributed by atoms with Crippen LogP contribution < -0.4 is 0 Å². The number of ketones is 1. The van der Waals surface area contributed by atoms with Gasteiger partial charge in [0.25, 0.3) is 0 Å². The van der Waals surface area contributed by atoms with Crippen molar-refractivity contribution >= 4 is 5.78 Å². The van der Waals surface area contributed by atoms with E-state index < -0.39 is 42.2 Å². The lowest BCUT2D eigenvalue weighted by molar-refractivity contribution is -0.141. The Hall–Kier alpha value is -1.50. The van der Waals surface area contributed by atoms with Crippen LogP contribution in [0.25, 0.3) is 0 Å². The quantitative estimate of drug-likeness (QED) is 0.617. The molecule has 0 aromatic heterocycles. The second-order valence-corrected chi connectivity index (χ2v) is 3.83. The maximum atomic E-state index is 13.2. The Morgan fingerprint density at radius 3 is 2.39 bits per heavy atom. The van der Waals surface area contributed by atoms with Crippen molar-refractivity contribution in [2.75, 3.05) is 20.1 Å². The molecule has 0 radical (unpaired) electrons. The molecule has 0 spiro atoms. The Morgan fingerprint density at radius 2 is 1.89 bits per heavy atom. The molecule has 0 atom stereocenters. The molecular weight excluding hydrogens is 257 g/mol. The van der Waals surface area contributed by atoms with Crippen LogP contribution in [0, 0.1) is 11.6 Å². The number of hydrogen-bond donors (Lipinski definition) is 0. The minimum absolute atomic E-state index is 0.426. The first kappa shape index (κ1) is 14.6. The van der Waals surface area contributed by atoms with Gasteiger partial charge in [-0.05, 0) is 19.2 Å². The van der Waals surface area contributed by atoms with Crippen LogP contribution in [0.5, 0.6) is 0 Å². The molecule has 0 aliphatic rings. The molecule has 0 aliphatic heterocycles. The van der Waals surface area contributed by atoms with Crippen molar-refractivity contribution in [3.63, 3.8) is 0 Å². The van der Waals surface area contributed by atoms with E-state index in [0.717, 1.165) is 19.2 Å². The molecule has 1 aromatic rings. The number of carbonyl (C=O) groups excluding carboxylic acids is 1. The molecule has 7 heteroatoms. The van der Waals surface area contributed by atoms with Gasteiger partial charge in [-0.3, -0.25) is 9.69 Å². The van der Waals surface area contributed by atoms with Crippen molar-refractivity contribution in [3.05, 3.63) is 35.4 Å². The van der Waals surface area contributed by atoms with Crippen LogP contribution in [-0.2, 0) is 0 Å². The topological polar surface area (TPSA) is 20.3 Å². The van der Waals surface area contributed by atoms with Crippen LogP contribution >= 0.6 is 0 Å². The average molecular weight is 267 g/mol. The summed E-state index contributed by atoms with van der Waals surface area (Å²) in [6.07, 6.45) is -4.43. The summed E-state index contributed by atoms with van der Waals surface area (Å²) in [5, 5.41) is 0. The lowest BCUT2D eigenvalue weighted by Crippen LogP contribution is -2.35. The normalized spacial score (nSPS) is 11.9. The zero-order valence-electron chi connectivity index (χ0n) is 9.39. The number of nitrogens with zero attached hydrogens (tertiary/aromatic N) is 1. The molecule has 0 unspecified atom stereocenters. The van der Waals surface area contributed by atoms with E-state index in [2.05, 4.69) is 0 Å². The molecule has 0 heterocycles. The maximum absolute atomic E-state index is 13.2. The van der Waals surface area contributed by atoms with Crippen LogP contribution in [0.15, 0.2) is 18.2 Å². The first-order valence-electron chi connectivity index (χ1n) is 4.92. The highest BCUT2D eigenvalue weighted by molar-refractivity contribution is 5.97. The third-order valence-corrected chi connectivity index (χ3v) is 2.09. The Bertz CT molecular complexity index is 444. The lowest BCUT2D eigenvalue weighted by Gasteiger charge is -2.17. The molecule has 0 bridgehead atoms. The van der Waals surface area contributed by atoms with Gasteiger partial charge in [0.15, 0.2) is 5.78 Å². The monoisotopic (exact) mass is 267 g/mol. The fraction of sp³-hybridized carbons (Fsp3) is 0.364. The lowest BCUT2D eigenvalue weighted by atomic mass is 10.1. The summed E-state index contributed by atoms with van der Waals surface area (Å²) in [5.41, 5.74) is -0.426. The van der Waals surface area contributed by atoms with E-state index >= 15 is 0 Å². The molecule has 0 amide bonds. The first-order valence-corrected chi connectivity index (χ1v) is 4.92. The van der Waals surface area contributed by atoms with Gasteiger partial charge < -0.3 is 0 Å². The molecule has 2 nitrogen and oxygen atoms in total. The minimum Gasteiger partial charge on any atom is -0.293 e.